The van der Waals surface area contributed by atoms with Gasteiger partial charge in [0.25, 0.3) is 5.91 Å². The molecular formula is C41H26N6O2. The molecule has 49 heavy (non-hydrogen) atoms. The third kappa shape index (κ3) is 3.83. The highest BCUT2D eigenvalue weighted by Crippen LogP contribution is 2.50. The van der Waals surface area contributed by atoms with Gasteiger partial charge in [0.05, 0.1) is 27.6 Å². The van der Waals surface area contributed by atoms with Crippen molar-refractivity contribution in [2.75, 3.05) is 4.90 Å². The molecule has 4 heterocycles. The van der Waals surface area contributed by atoms with E-state index in [1.54, 1.807) is 0 Å². The van der Waals surface area contributed by atoms with Crippen molar-refractivity contribution in [1.29, 1.82) is 0 Å². The first-order valence-corrected chi connectivity index (χ1v) is 16.1. The predicted molar refractivity (Wildman–Crippen MR) is 192 cm³/mol. The second kappa shape index (κ2) is 10.4. The number of benzene rings is 6. The second-order valence-corrected chi connectivity index (χ2v) is 12.1. The fraction of sp³-hybridized carbons (Fsp3) is 0.0244. The van der Waals surface area contributed by atoms with Crippen LogP contribution in [0.3, 0.4) is 0 Å². The Bertz CT molecular complexity index is 2760. The Morgan fingerprint density at radius 3 is 1.69 bits per heavy atom. The molecule has 1 unspecified atom stereocenters. The quantitative estimate of drug-likeness (QED) is 0.210. The molecule has 9 aromatic rings. The zero-order chi connectivity index (χ0) is 32.6. The normalized spacial score (nSPS) is 14.4. The van der Waals surface area contributed by atoms with Crippen LogP contribution in [0.5, 0.6) is 0 Å². The molecule has 1 aliphatic rings. The zero-order valence-corrected chi connectivity index (χ0v) is 26.0. The molecule has 0 fully saturated rings. The monoisotopic (exact) mass is 634 g/mol. The molecule has 0 radical (unpaired) electrons. The molecule has 0 aliphatic carbocycles. The van der Waals surface area contributed by atoms with Crippen LogP contribution in [-0.4, -0.2) is 35.1 Å². The molecule has 0 bridgehead atoms. The van der Waals surface area contributed by atoms with Gasteiger partial charge in [0.1, 0.15) is 6.33 Å². The number of aliphatic hydroxyl groups excluding tert-OH is 1. The number of rotatable bonds is 4. The lowest BCUT2D eigenvalue weighted by atomic mass is 9.97. The van der Waals surface area contributed by atoms with Gasteiger partial charge in [-0.05, 0) is 36.4 Å². The van der Waals surface area contributed by atoms with Crippen molar-refractivity contribution in [2.45, 2.75) is 6.23 Å². The maximum Gasteiger partial charge on any atom is 0.265 e. The van der Waals surface area contributed by atoms with Gasteiger partial charge in [-0.3, -0.25) is 4.79 Å². The van der Waals surface area contributed by atoms with E-state index in [-0.39, 0.29) is 11.9 Å². The second-order valence-electron chi connectivity index (χ2n) is 12.1. The molecule has 8 nitrogen and oxygen atoms in total. The van der Waals surface area contributed by atoms with E-state index in [2.05, 4.69) is 55.5 Å². The van der Waals surface area contributed by atoms with Gasteiger partial charge in [-0.15, -0.1) is 0 Å². The van der Waals surface area contributed by atoms with Crippen LogP contribution < -0.4 is 4.90 Å². The van der Waals surface area contributed by atoms with Crippen LogP contribution in [0.2, 0.25) is 0 Å². The number of fused-ring (bicyclic) bond motifs is 10. The third-order valence-corrected chi connectivity index (χ3v) is 9.53. The molecule has 10 rings (SSSR count). The van der Waals surface area contributed by atoms with E-state index in [1.807, 2.05) is 103 Å². The fourth-order valence-corrected chi connectivity index (χ4v) is 7.57. The Balaban J connectivity index is 1.39. The largest absolute Gasteiger partial charge is 0.369 e. The molecule has 232 valence electrons. The fourth-order valence-electron chi connectivity index (χ4n) is 7.57. The van der Waals surface area contributed by atoms with Crippen molar-refractivity contribution in [3.05, 3.63) is 157 Å². The van der Waals surface area contributed by atoms with Crippen molar-refractivity contribution >= 4 is 55.5 Å². The lowest BCUT2D eigenvalue weighted by molar-refractivity contribution is 0.0933. The van der Waals surface area contributed by atoms with E-state index in [1.165, 1.54) is 11.2 Å². The Labute approximate surface area is 279 Å². The van der Waals surface area contributed by atoms with Gasteiger partial charge in [-0.1, -0.05) is 103 Å². The highest BCUT2D eigenvalue weighted by Gasteiger charge is 2.44. The maximum atomic E-state index is 15.1. The molecule has 8 heteroatoms. The van der Waals surface area contributed by atoms with Crippen molar-refractivity contribution in [3.8, 4) is 22.8 Å². The number of nitrogens with zero attached hydrogens (tertiary/aromatic N) is 6. The van der Waals surface area contributed by atoms with Gasteiger partial charge in [0, 0.05) is 44.0 Å². The molecule has 1 atom stereocenters. The van der Waals surface area contributed by atoms with E-state index >= 15 is 4.79 Å². The minimum absolute atomic E-state index is 0.0774. The molecule has 3 aromatic heterocycles. The Morgan fingerprint density at radius 1 is 0.571 bits per heavy atom. The number of carbonyl (C=O) groups excluding carboxylic acids is 1. The number of para-hydroxylation sites is 4. The molecular weight excluding hydrogens is 608 g/mol. The first-order chi connectivity index (χ1) is 24.2. The summed E-state index contributed by atoms with van der Waals surface area (Å²) >= 11 is 0. The number of hydrogen-bond donors (Lipinski definition) is 1. The van der Waals surface area contributed by atoms with Crippen LogP contribution in [0.1, 0.15) is 22.1 Å². The summed E-state index contributed by atoms with van der Waals surface area (Å²) < 4.78 is 4.31. The number of aromatic nitrogens is 5. The average molecular weight is 635 g/mol. The van der Waals surface area contributed by atoms with Crippen LogP contribution in [0, 0.1) is 0 Å². The van der Waals surface area contributed by atoms with Crippen molar-refractivity contribution in [2.24, 2.45) is 0 Å². The van der Waals surface area contributed by atoms with Crippen LogP contribution in [0.4, 0.5) is 5.95 Å². The summed E-state index contributed by atoms with van der Waals surface area (Å²) in [6.07, 6.45) is 0.00949. The summed E-state index contributed by atoms with van der Waals surface area (Å²) in [6.45, 7) is 0. The number of carbonyl (C=O) groups is 1. The zero-order valence-electron chi connectivity index (χ0n) is 26.0. The van der Waals surface area contributed by atoms with Gasteiger partial charge >= 0.3 is 0 Å². The lowest BCUT2D eigenvalue weighted by Gasteiger charge is -2.19. The minimum Gasteiger partial charge on any atom is -0.369 e. The maximum absolute atomic E-state index is 15.1. The van der Waals surface area contributed by atoms with Crippen LogP contribution in [0.25, 0.3) is 66.4 Å². The number of hydrogen-bond acceptors (Lipinski definition) is 5. The first-order valence-electron chi connectivity index (χ1n) is 16.1. The van der Waals surface area contributed by atoms with E-state index in [0.717, 1.165) is 60.5 Å². The summed E-state index contributed by atoms with van der Waals surface area (Å²) in [4.78, 5) is 29.9. The smallest absolute Gasteiger partial charge is 0.265 e. The standard InChI is InChI=1S/C41H26N6O2/c48-39-34-35(40(49)47(39)41-43-24-42-38(44-41)25-14-4-1-5-15-25)37-33(29-21-11-13-23-31(29)46(37)27-18-8-3-9-19-27)32-28-20-10-12-22-30(28)45(36(32)34)26-16-6-2-7-17-26/h1-24,39,48H. The summed E-state index contributed by atoms with van der Waals surface area (Å²) in [5.41, 5.74) is 6.97. The molecule has 0 spiro atoms. The van der Waals surface area contributed by atoms with Crippen LogP contribution in [-0.2, 0) is 0 Å². The molecule has 6 aromatic carbocycles. The summed E-state index contributed by atoms with van der Waals surface area (Å²) in [6, 6.07) is 46.2. The van der Waals surface area contributed by atoms with Crippen LogP contribution in [0.15, 0.2) is 146 Å². The summed E-state index contributed by atoms with van der Waals surface area (Å²) in [5.74, 6) is 0.103. The van der Waals surface area contributed by atoms with Gasteiger partial charge in [0.2, 0.25) is 5.95 Å². The summed E-state index contributed by atoms with van der Waals surface area (Å²) in [7, 11) is 0. The average Bonchev–Trinajstić information content (AvgIpc) is 3.77. The predicted octanol–water partition coefficient (Wildman–Crippen LogP) is 8.38. The van der Waals surface area contributed by atoms with Crippen molar-refractivity contribution in [3.63, 3.8) is 0 Å². The molecule has 1 N–H and O–H groups in total. The number of anilines is 1. The van der Waals surface area contributed by atoms with Gasteiger partial charge < -0.3 is 14.2 Å². The van der Waals surface area contributed by atoms with Crippen molar-refractivity contribution in [1.82, 2.24) is 24.1 Å². The Morgan fingerprint density at radius 2 is 1.08 bits per heavy atom. The Hall–Kier alpha value is -6.64. The third-order valence-electron chi connectivity index (χ3n) is 9.53. The van der Waals surface area contributed by atoms with E-state index in [0.29, 0.717) is 17.0 Å². The number of amides is 1. The van der Waals surface area contributed by atoms with Gasteiger partial charge in [-0.25, -0.2) is 14.9 Å². The van der Waals surface area contributed by atoms with E-state index < -0.39 is 6.23 Å². The Kier molecular flexibility index (Phi) is 5.85. The molecule has 1 amide bonds. The molecule has 1 aliphatic heterocycles. The number of aliphatic hydroxyl groups is 1. The SMILES string of the molecule is O=C1c2c(c3c(c4ccccc4n3-c3ccccc3)c3c4ccccc4n(-c4ccccc4)c23)C(O)N1c1ncnc(-c2ccccc2)n1. The van der Waals surface area contributed by atoms with E-state index in [9.17, 15) is 5.11 Å². The minimum atomic E-state index is -1.38. The highest BCUT2D eigenvalue weighted by atomic mass is 16.3. The molecule has 0 saturated carbocycles. The van der Waals surface area contributed by atoms with E-state index in [4.69, 9.17) is 4.98 Å². The lowest BCUT2D eigenvalue weighted by Crippen LogP contribution is -2.29. The van der Waals surface area contributed by atoms with Gasteiger partial charge in [0.15, 0.2) is 12.1 Å². The van der Waals surface area contributed by atoms with Crippen LogP contribution >= 0.6 is 0 Å². The molecule has 0 saturated heterocycles. The van der Waals surface area contributed by atoms with Crippen molar-refractivity contribution < 1.29 is 9.90 Å². The highest BCUT2D eigenvalue weighted by molar-refractivity contribution is 6.35. The van der Waals surface area contributed by atoms with Gasteiger partial charge in [-0.2, -0.15) is 4.98 Å². The topological polar surface area (TPSA) is 89.1 Å². The first kappa shape index (κ1) is 27.5. The summed E-state index contributed by atoms with van der Waals surface area (Å²) in [5, 5.41) is 16.4.